The summed E-state index contributed by atoms with van der Waals surface area (Å²) in [5.74, 6) is 0.621. The van der Waals surface area contributed by atoms with Crippen LogP contribution in [0.1, 0.15) is 51.9 Å². The van der Waals surface area contributed by atoms with Crippen LogP contribution >= 0.6 is 0 Å². The molecule has 1 heterocycles. The zero-order valence-electron chi connectivity index (χ0n) is 11.6. The van der Waals surface area contributed by atoms with Gasteiger partial charge in [0.05, 0.1) is 0 Å². The van der Waals surface area contributed by atoms with Crippen molar-refractivity contribution in [2.24, 2.45) is 16.1 Å². The Labute approximate surface area is 114 Å². The van der Waals surface area contributed by atoms with E-state index in [1.165, 1.54) is 44.9 Å². The largest absolute Gasteiger partial charge is 0.449 e. The molecule has 0 bridgehead atoms. The van der Waals surface area contributed by atoms with Crippen molar-refractivity contribution in [1.82, 2.24) is 4.98 Å². The van der Waals surface area contributed by atoms with Gasteiger partial charge in [0.1, 0.15) is 6.26 Å². The molecule has 0 radical (unpaired) electrons. The smallest absolute Gasteiger partial charge is 0.191 e. The third kappa shape index (κ3) is 3.69. The van der Waals surface area contributed by atoms with E-state index in [9.17, 15) is 0 Å². The number of aromatic nitrogens is 1. The molecule has 0 amide bonds. The van der Waals surface area contributed by atoms with Crippen molar-refractivity contribution in [1.29, 1.82) is 0 Å². The summed E-state index contributed by atoms with van der Waals surface area (Å²) in [6.45, 7) is 2.28. The molecule has 19 heavy (non-hydrogen) atoms. The van der Waals surface area contributed by atoms with Crippen molar-refractivity contribution in [2.45, 2.75) is 51.9 Å². The van der Waals surface area contributed by atoms with Gasteiger partial charge in [-0.25, -0.2) is 4.99 Å². The number of hydrogen-bond donors (Lipinski definition) is 1. The number of aliphatic imine (C=N–C) groups is 1. The Balaban J connectivity index is 2.15. The van der Waals surface area contributed by atoms with Crippen LogP contribution in [0.2, 0.25) is 0 Å². The van der Waals surface area contributed by atoms with Gasteiger partial charge in [-0.3, -0.25) is 0 Å². The third-order valence-corrected chi connectivity index (χ3v) is 4.19. The molecule has 1 saturated carbocycles. The van der Waals surface area contributed by atoms with Crippen LogP contribution in [0.5, 0.6) is 0 Å². The van der Waals surface area contributed by atoms with Crippen molar-refractivity contribution >= 4 is 11.5 Å². The van der Waals surface area contributed by atoms with Crippen molar-refractivity contribution < 1.29 is 4.42 Å². The molecule has 1 aliphatic rings. The average Bonchev–Trinajstić information content (AvgIpc) is 2.93. The number of nitrogens with two attached hydrogens (primary N) is 1. The van der Waals surface area contributed by atoms with Gasteiger partial charge >= 0.3 is 0 Å². The molecule has 4 heteroatoms. The maximum absolute atomic E-state index is 5.54. The van der Waals surface area contributed by atoms with E-state index in [1.54, 1.807) is 12.5 Å². The van der Waals surface area contributed by atoms with Crippen molar-refractivity contribution in [3.05, 3.63) is 24.9 Å². The van der Waals surface area contributed by atoms with Crippen LogP contribution in [0.15, 0.2) is 34.3 Å². The SMILES string of the molecule is CCC1(CC(C=CN)=Nc2cocn2)CCCCC1. The van der Waals surface area contributed by atoms with E-state index < -0.39 is 0 Å². The molecule has 104 valence electrons. The summed E-state index contributed by atoms with van der Waals surface area (Å²) < 4.78 is 4.96. The molecule has 2 N–H and O–H groups in total. The van der Waals surface area contributed by atoms with Crippen LogP contribution in [-0.2, 0) is 0 Å². The van der Waals surface area contributed by atoms with E-state index >= 15 is 0 Å². The number of nitrogens with zero attached hydrogens (tertiary/aromatic N) is 2. The zero-order chi connectivity index (χ0) is 13.6. The number of allylic oxidation sites excluding steroid dienone is 1. The van der Waals surface area contributed by atoms with E-state index in [0.717, 1.165) is 12.1 Å². The highest BCUT2D eigenvalue weighted by molar-refractivity contribution is 5.96. The number of hydrogen-bond acceptors (Lipinski definition) is 4. The zero-order valence-corrected chi connectivity index (χ0v) is 11.6. The summed E-state index contributed by atoms with van der Waals surface area (Å²) in [5, 5.41) is 0. The predicted octanol–water partition coefficient (Wildman–Crippen LogP) is 3.97. The molecule has 0 aliphatic heterocycles. The van der Waals surface area contributed by atoms with Crippen LogP contribution in [0, 0.1) is 5.41 Å². The van der Waals surface area contributed by atoms with Crippen LogP contribution in [-0.4, -0.2) is 10.7 Å². The fourth-order valence-corrected chi connectivity index (χ4v) is 3.00. The summed E-state index contributed by atoms with van der Waals surface area (Å²) in [6.07, 6.45) is 15.2. The lowest BCUT2D eigenvalue weighted by Crippen LogP contribution is -2.26. The molecule has 1 aromatic rings. The molecule has 0 saturated heterocycles. The van der Waals surface area contributed by atoms with Crippen molar-refractivity contribution in [2.75, 3.05) is 0 Å². The number of rotatable bonds is 5. The highest BCUT2D eigenvalue weighted by Crippen LogP contribution is 2.42. The first-order chi connectivity index (χ1) is 9.28. The lowest BCUT2D eigenvalue weighted by atomic mass is 9.69. The van der Waals surface area contributed by atoms with E-state index in [4.69, 9.17) is 10.2 Å². The molecule has 1 aromatic heterocycles. The Morgan fingerprint density at radius 3 is 2.84 bits per heavy atom. The summed E-state index contributed by atoms with van der Waals surface area (Å²) in [4.78, 5) is 8.59. The Morgan fingerprint density at radius 1 is 1.47 bits per heavy atom. The van der Waals surface area contributed by atoms with Gasteiger partial charge in [-0.15, -0.1) is 0 Å². The monoisotopic (exact) mass is 261 g/mol. The second kappa shape index (κ2) is 6.55. The Hall–Kier alpha value is -1.58. The van der Waals surface area contributed by atoms with E-state index in [0.29, 0.717) is 11.2 Å². The van der Waals surface area contributed by atoms with Gasteiger partial charge in [0.2, 0.25) is 0 Å². The minimum atomic E-state index is 0.389. The van der Waals surface area contributed by atoms with Crippen molar-refractivity contribution in [3.8, 4) is 0 Å². The van der Waals surface area contributed by atoms with Gasteiger partial charge < -0.3 is 10.2 Å². The Morgan fingerprint density at radius 2 is 2.26 bits per heavy atom. The highest BCUT2D eigenvalue weighted by atomic mass is 16.3. The van der Waals surface area contributed by atoms with Crippen LogP contribution in [0.25, 0.3) is 0 Å². The predicted molar refractivity (Wildman–Crippen MR) is 77.4 cm³/mol. The maximum Gasteiger partial charge on any atom is 0.191 e. The van der Waals surface area contributed by atoms with E-state index in [1.807, 2.05) is 6.08 Å². The molecular formula is C15H23N3O. The fourth-order valence-electron chi connectivity index (χ4n) is 3.00. The van der Waals surface area contributed by atoms with Crippen molar-refractivity contribution in [3.63, 3.8) is 0 Å². The van der Waals surface area contributed by atoms with Crippen LogP contribution in [0.4, 0.5) is 5.82 Å². The molecule has 4 nitrogen and oxygen atoms in total. The minimum Gasteiger partial charge on any atom is -0.449 e. The molecule has 0 aromatic carbocycles. The highest BCUT2D eigenvalue weighted by Gasteiger charge is 2.31. The molecule has 1 aliphatic carbocycles. The molecule has 0 spiro atoms. The first kappa shape index (κ1) is 13.8. The molecule has 0 atom stereocenters. The minimum absolute atomic E-state index is 0.389. The standard InChI is InChI=1S/C15H23N3O/c1-2-15(7-4-3-5-8-15)10-13(6-9-16)18-14-11-19-12-17-14/h6,9,11-12H,2-5,7-8,10,16H2,1H3. The quantitative estimate of drug-likeness (QED) is 0.815. The summed E-state index contributed by atoms with van der Waals surface area (Å²) >= 11 is 0. The second-order valence-electron chi connectivity index (χ2n) is 5.40. The van der Waals surface area contributed by atoms with Gasteiger partial charge in [0.15, 0.2) is 12.2 Å². The number of oxazole rings is 1. The lowest BCUT2D eigenvalue weighted by Gasteiger charge is -2.36. The lowest BCUT2D eigenvalue weighted by molar-refractivity contribution is 0.190. The van der Waals surface area contributed by atoms with E-state index in [-0.39, 0.29) is 0 Å². The summed E-state index contributed by atoms with van der Waals surface area (Å²) in [5.41, 5.74) is 6.93. The molecule has 0 unspecified atom stereocenters. The molecule has 2 rings (SSSR count). The third-order valence-electron chi connectivity index (χ3n) is 4.19. The first-order valence-corrected chi connectivity index (χ1v) is 7.12. The average molecular weight is 261 g/mol. The molecular weight excluding hydrogens is 238 g/mol. The Kier molecular flexibility index (Phi) is 4.77. The van der Waals surface area contributed by atoms with E-state index in [2.05, 4.69) is 16.9 Å². The topological polar surface area (TPSA) is 64.4 Å². The summed E-state index contributed by atoms with van der Waals surface area (Å²) in [6, 6.07) is 0. The van der Waals surface area contributed by atoms with Gasteiger partial charge in [-0.1, -0.05) is 32.6 Å². The van der Waals surface area contributed by atoms with Crippen LogP contribution in [0.3, 0.4) is 0 Å². The van der Waals surface area contributed by atoms with Gasteiger partial charge in [0, 0.05) is 5.71 Å². The van der Waals surface area contributed by atoms with Crippen LogP contribution < -0.4 is 5.73 Å². The fraction of sp³-hybridized carbons (Fsp3) is 0.600. The van der Waals surface area contributed by atoms with Gasteiger partial charge in [0.25, 0.3) is 0 Å². The van der Waals surface area contributed by atoms with Gasteiger partial charge in [-0.2, -0.15) is 4.98 Å². The summed E-state index contributed by atoms with van der Waals surface area (Å²) in [7, 11) is 0. The Bertz CT molecular complexity index is 428. The molecule has 1 fully saturated rings. The van der Waals surface area contributed by atoms with Gasteiger partial charge in [-0.05, 0) is 37.0 Å². The first-order valence-electron chi connectivity index (χ1n) is 7.12. The normalized spacial score (nSPS) is 19.9. The maximum atomic E-state index is 5.54. The second-order valence-corrected chi connectivity index (χ2v) is 5.40.